The molecule has 0 saturated carbocycles. The first-order valence-corrected chi connectivity index (χ1v) is 5.52. The maximum absolute atomic E-state index is 5.64. The van der Waals surface area contributed by atoms with Crippen molar-refractivity contribution in [3.63, 3.8) is 0 Å². The molecule has 0 atom stereocenters. The second-order valence-electron chi connectivity index (χ2n) is 3.66. The van der Waals surface area contributed by atoms with Crippen molar-refractivity contribution in [2.75, 3.05) is 25.5 Å². The summed E-state index contributed by atoms with van der Waals surface area (Å²) >= 11 is 5.64. The number of hydrogen-bond donors (Lipinski definition) is 0. The Bertz CT molecular complexity index is 93.8. The highest BCUT2D eigenvalue weighted by Gasteiger charge is 2.02. The van der Waals surface area contributed by atoms with E-state index < -0.39 is 0 Å². The van der Waals surface area contributed by atoms with E-state index in [-0.39, 0.29) is 0 Å². The first-order chi connectivity index (χ1) is 5.70. The quantitative estimate of drug-likeness (QED) is 0.560. The Morgan fingerprint density at radius 3 is 2.33 bits per heavy atom. The van der Waals surface area contributed by atoms with Gasteiger partial charge in [0.2, 0.25) is 0 Å². The molecule has 74 valence electrons. The normalized spacial score (nSPS) is 11.5. The molecule has 0 amide bonds. The number of rotatable bonds is 7. The molecule has 0 rings (SSSR count). The minimum atomic E-state index is 0.790. The first kappa shape index (κ1) is 12.2. The molecule has 0 saturated heterocycles. The maximum Gasteiger partial charge on any atom is 0.0235 e. The fraction of sp³-hybridized carbons (Fsp3) is 1.00. The van der Waals surface area contributed by atoms with Gasteiger partial charge in [0.1, 0.15) is 0 Å². The van der Waals surface area contributed by atoms with Crippen LogP contribution in [-0.4, -0.2) is 30.4 Å². The van der Waals surface area contributed by atoms with Gasteiger partial charge in [0.25, 0.3) is 0 Å². The van der Waals surface area contributed by atoms with Gasteiger partial charge in [0, 0.05) is 5.88 Å². The second-order valence-corrected chi connectivity index (χ2v) is 4.04. The highest BCUT2D eigenvalue weighted by Crippen LogP contribution is 2.02. The van der Waals surface area contributed by atoms with Gasteiger partial charge in [-0.25, -0.2) is 0 Å². The predicted molar refractivity (Wildman–Crippen MR) is 56.9 cm³/mol. The molecule has 0 unspecified atom stereocenters. The lowest BCUT2D eigenvalue weighted by molar-refractivity contribution is 0.271. The molecular weight excluding hydrogens is 170 g/mol. The van der Waals surface area contributed by atoms with E-state index in [9.17, 15) is 0 Å². The molecule has 0 N–H and O–H groups in total. The molecule has 2 heteroatoms. The standard InChI is InChI=1S/C10H22ClN/c1-4-12(8-5-7-11)9-6-10(2)3/h10H,4-9H2,1-3H3. The van der Waals surface area contributed by atoms with Crippen LogP contribution in [0.4, 0.5) is 0 Å². The molecule has 0 heterocycles. The third-order valence-corrected chi connectivity index (χ3v) is 2.35. The van der Waals surface area contributed by atoms with Gasteiger partial charge >= 0.3 is 0 Å². The Kier molecular flexibility index (Phi) is 8.04. The summed E-state index contributed by atoms with van der Waals surface area (Å²) in [5.41, 5.74) is 0. The minimum Gasteiger partial charge on any atom is -0.304 e. The van der Waals surface area contributed by atoms with Gasteiger partial charge in [-0.15, -0.1) is 11.6 Å². The van der Waals surface area contributed by atoms with E-state index >= 15 is 0 Å². The van der Waals surface area contributed by atoms with Gasteiger partial charge in [-0.2, -0.15) is 0 Å². The van der Waals surface area contributed by atoms with E-state index in [2.05, 4.69) is 25.7 Å². The molecule has 0 aromatic rings. The van der Waals surface area contributed by atoms with Crippen molar-refractivity contribution in [1.82, 2.24) is 4.90 Å². The van der Waals surface area contributed by atoms with Crippen LogP contribution in [0.3, 0.4) is 0 Å². The summed E-state index contributed by atoms with van der Waals surface area (Å²) in [6, 6.07) is 0. The van der Waals surface area contributed by atoms with Crippen LogP contribution in [0, 0.1) is 5.92 Å². The van der Waals surface area contributed by atoms with Crippen molar-refractivity contribution >= 4 is 11.6 Å². The molecule has 0 aliphatic carbocycles. The Morgan fingerprint density at radius 1 is 1.25 bits per heavy atom. The molecular formula is C10H22ClN. The summed E-state index contributed by atoms with van der Waals surface area (Å²) < 4.78 is 0. The van der Waals surface area contributed by atoms with Crippen molar-refractivity contribution in [3.05, 3.63) is 0 Å². The monoisotopic (exact) mass is 191 g/mol. The molecule has 0 aromatic heterocycles. The van der Waals surface area contributed by atoms with Crippen LogP contribution in [0.15, 0.2) is 0 Å². The van der Waals surface area contributed by atoms with Crippen LogP contribution in [0.1, 0.15) is 33.6 Å². The number of hydrogen-bond acceptors (Lipinski definition) is 1. The maximum atomic E-state index is 5.64. The van der Waals surface area contributed by atoms with Crippen molar-refractivity contribution in [1.29, 1.82) is 0 Å². The van der Waals surface area contributed by atoms with E-state index in [0.717, 1.165) is 31.3 Å². The largest absolute Gasteiger partial charge is 0.304 e. The second kappa shape index (κ2) is 7.88. The lowest BCUT2D eigenvalue weighted by Gasteiger charge is -2.20. The van der Waals surface area contributed by atoms with Gasteiger partial charge in [-0.05, 0) is 38.4 Å². The molecule has 0 fully saturated rings. The van der Waals surface area contributed by atoms with Crippen molar-refractivity contribution in [3.8, 4) is 0 Å². The van der Waals surface area contributed by atoms with Crippen LogP contribution in [-0.2, 0) is 0 Å². The third kappa shape index (κ3) is 6.93. The molecule has 0 aliphatic rings. The van der Waals surface area contributed by atoms with Crippen molar-refractivity contribution in [2.45, 2.75) is 33.6 Å². The zero-order chi connectivity index (χ0) is 9.40. The molecule has 12 heavy (non-hydrogen) atoms. The molecule has 1 nitrogen and oxygen atoms in total. The zero-order valence-corrected chi connectivity index (χ0v) is 9.40. The van der Waals surface area contributed by atoms with Gasteiger partial charge < -0.3 is 4.90 Å². The van der Waals surface area contributed by atoms with Crippen LogP contribution in [0.5, 0.6) is 0 Å². The van der Waals surface area contributed by atoms with Crippen molar-refractivity contribution in [2.24, 2.45) is 5.92 Å². The van der Waals surface area contributed by atoms with Crippen LogP contribution in [0.2, 0.25) is 0 Å². The summed E-state index contributed by atoms with van der Waals surface area (Å²) in [6.07, 6.45) is 2.42. The topological polar surface area (TPSA) is 3.24 Å². The molecule has 0 radical (unpaired) electrons. The fourth-order valence-electron chi connectivity index (χ4n) is 1.15. The highest BCUT2D eigenvalue weighted by atomic mass is 35.5. The van der Waals surface area contributed by atoms with E-state index in [0.29, 0.717) is 0 Å². The average Bonchev–Trinajstić information content (AvgIpc) is 2.05. The highest BCUT2D eigenvalue weighted by molar-refractivity contribution is 6.17. The zero-order valence-electron chi connectivity index (χ0n) is 8.65. The summed E-state index contributed by atoms with van der Waals surface area (Å²) in [5.74, 6) is 1.60. The van der Waals surface area contributed by atoms with E-state index in [4.69, 9.17) is 11.6 Å². The first-order valence-electron chi connectivity index (χ1n) is 4.99. The number of halogens is 1. The van der Waals surface area contributed by atoms with Crippen LogP contribution in [0.25, 0.3) is 0 Å². The van der Waals surface area contributed by atoms with E-state index in [1.165, 1.54) is 13.0 Å². The van der Waals surface area contributed by atoms with Gasteiger partial charge in [0.15, 0.2) is 0 Å². The van der Waals surface area contributed by atoms with Gasteiger partial charge in [-0.1, -0.05) is 20.8 Å². The van der Waals surface area contributed by atoms with Crippen LogP contribution >= 0.6 is 11.6 Å². The summed E-state index contributed by atoms with van der Waals surface area (Å²) in [7, 11) is 0. The Hall–Kier alpha value is 0.250. The Labute approximate surface area is 82.1 Å². The van der Waals surface area contributed by atoms with Crippen LogP contribution < -0.4 is 0 Å². The SMILES string of the molecule is CCN(CCCCl)CCC(C)C. The van der Waals surface area contributed by atoms with Crippen molar-refractivity contribution < 1.29 is 0 Å². The Morgan fingerprint density at radius 2 is 1.92 bits per heavy atom. The molecule has 0 spiro atoms. The fourth-order valence-corrected chi connectivity index (χ4v) is 1.27. The summed E-state index contributed by atoms with van der Waals surface area (Å²) in [4.78, 5) is 2.47. The smallest absolute Gasteiger partial charge is 0.0235 e. The van der Waals surface area contributed by atoms with Gasteiger partial charge in [0.05, 0.1) is 0 Å². The van der Waals surface area contributed by atoms with E-state index in [1.54, 1.807) is 0 Å². The minimum absolute atomic E-state index is 0.790. The number of nitrogens with zero attached hydrogens (tertiary/aromatic N) is 1. The summed E-state index contributed by atoms with van der Waals surface area (Å²) in [5, 5.41) is 0. The molecule has 0 aromatic carbocycles. The van der Waals surface area contributed by atoms with Gasteiger partial charge in [-0.3, -0.25) is 0 Å². The summed E-state index contributed by atoms with van der Waals surface area (Å²) in [6.45, 7) is 10.3. The molecule has 0 aliphatic heterocycles. The number of alkyl halides is 1. The Balaban J connectivity index is 3.39. The lowest BCUT2D eigenvalue weighted by Crippen LogP contribution is -2.26. The van der Waals surface area contributed by atoms with E-state index in [1.807, 2.05) is 0 Å². The average molecular weight is 192 g/mol. The third-order valence-electron chi connectivity index (χ3n) is 2.08. The predicted octanol–water partition coefficient (Wildman–Crippen LogP) is 2.98. The molecule has 0 bridgehead atoms. The lowest BCUT2D eigenvalue weighted by atomic mass is 10.1.